The highest BCUT2D eigenvalue weighted by atomic mass is 35.5. The van der Waals surface area contributed by atoms with E-state index in [4.69, 9.17) is 11.6 Å². The van der Waals surface area contributed by atoms with Crippen LogP contribution in [-0.2, 0) is 0 Å². The number of nitrogens with one attached hydrogen (secondary N) is 1. The third-order valence-electron chi connectivity index (χ3n) is 2.97. The number of anilines is 1. The zero-order valence-corrected chi connectivity index (χ0v) is 10.7. The zero-order chi connectivity index (χ0) is 12.2. The molecule has 0 saturated carbocycles. The van der Waals surface area contributed by atoms with Crippen LogP contribution in [0.25, 0.3) is 0 Å². The van der Waals surface area contributed by atoms with Gasteiger partial charge in [-0.15, -0.1) is 0 Å². The molecule has 1 atom stereocenters. The van der Waals surface area contributed by atoms with Gasteiger partial charge in [0.2, 0.25) is 0 Å². The highest BCUT2D eigenvalue weighted by molar-refractivity contribution is 6.33. The molecule has 16 heavy (non-hydrogen) atoms. The summed E-state index contributed by atoms with van der Waals surface area (Å²) in [5.74, 6) is 0.221. The standard InChI is InChI=1S/C13H17ClN2/c1-4-13(9-15,10(2)3)16-12-8-6-5-7-11(12)14/h5-8,10,16H,4H2,1-3H3. The third kappa shape index (κ3) is 2.48. The molecule has 0 radical (unpaired) electrons. The quantitative estimate of drug-likeness (QED) is 0.855. The van der Waals surface area contributed by atoms with Gasteiger partial charge in [0.25, 0.3) is 0 Å². The fourth-order valence-electron chi connectivity index (χ4n) is 1.68. The highest BCUT2D eigenvalue weighted by Gasteiger charge is 2.32. The Morgan fingerprint density at radius 1 is 1.44 bits per heavy atom. The highest BCUT2D eigenvalue weighted by Crippen LogP contribution is 2.29. The normalized spacial score (nSPS) is 14.2. The van der Waals surface area contributed by atoms with Crippen LogP contribution in [0.15, 0.2) is 24.3 Å². The predicted molar refractivity (Wildman–Crippen MR) is 68.5 cm³/mol. The Labute approximate surface area is 102 Å². The maximum Gasteiger partial charge on any atom is 0.127 e. The van der Waals surface area contributed by atoms with Crippen LogP contribution in [0.1, 0.15) is 27.2 Å². The Kier molecular flexibility index (Phi) is 4.20. The molecular formula is C13H17ClN2. The van der Waals surface area contributed by atoms with E-state index < -0.39 is 5.54 Å². The van der Waals surface area contributed by atoms with Crippen LogP contribution in [0.4, 0.5) is 5.69 Å². The lowest BCUT2D eigenvalue weighted by atomic mass is 9.85. The first kappa shape index (κ1) is 12.9. The summed E-state index contributed by atoms with van der Waals surface area (Å²) in [5, 5.41) is 13.3. The van der Waals surface area contributed by atoms with E-state index in [0.717, 1.165) is 12.1 Å². The summed E-state index contributed by atoms with van der Waals surface area (Å²) in [4.78, 5) is 0. The van der Waals surface area contributed by atoms with Crippen molar-refractivity contribution in [2.24, 2.45) is 5.92 Å². The summed E-state index contributed by atoms with van der Waals surface area (Å²) in [6.45, 7) is 6.08. The molecule has 0 saturated heterocycles. The lowest BCUT2D eigenvalue weighted by molar-refractivity contribution is 0.416. The van der Waals surface area contributed by atoms with Crippen molar-refractivity contribution in [1.29, 1.82) is 5.26 Å². The van der Waals surface area contributed by atoms with E-state index in [1.54, 1.807) is 0 Å². The van der Waals surface area contributed by atoms with Crippen molar-refractivity contribution in [3.8, 4) is 6.07 Å². The monoisotopic (exact) mass is 236 g/mol. The fourth-order valence-corrected chi connectivity index (χ4v) is 1.86. The van der Waals surface area contributed by atoms with Gasteiger partial charge in [0.1, 0.15) is 5.54 Å². The molecule has 1 aromatic rings. The second-order valence-corrected chi connectivity index (χ2v) is 4.60. The van der Waals surface area contributed by atoms with Gasteiger partial charge in [0, 0.05) is 0 Å². The Hall–Kier alpha value is -1.20. The molecule has 1 aromatic carbocycles. The second kappa shape index (κ2) is 5.23. The smallest absolute Gasteiger partial charge is 0.127 e. The van der Waals surface area contributed by atoms with Crippen molar-refractivity contribution < 1.29 is 0 Å². The number of nitriles is 1. The molecule has 3 heteroatoms. The van der Waals surface area contributed by atoms with Gasteiger partial charge in [-0.1, -0.05) is 44.5 Å². The summed E-state index contributed by atoms with van der Waals surface area (Å²) < 4.78 is 0. The Balaban J connectivity index is 3.02. The number of benzene rings is 1. The Morgan fingerprint density at radius 3 is 2.50 bits per heavy atom. The first-order valence-electron chi connectivity index (χ1n) is 5.49. The van der Waals surface area contributed by atoms with Crippen LogP contribution < -0.4 is 5.32 Å². The maximum atomic E-state index is 9.34. The number of rotatable bonds is 4. The van der Waals surface area contributed by atoms with E-state index >= 15 is 0 Å². The van der Waals surface area contributed by atoms with E-state index in [9.17, 15) is 5.26 Å². The van der Waals surface area contributed by atoms with E-state index in [1.165, 1.54) is 0 Å². The lowest BCUT2D eigenvalue weighted by Gasteiger charge is -2.32. The molecule has 1 rings (SSSR count). The zero-order valence-electron chi connectivity index (χ0n) is 9.92. The fraction of sp³-hybridized carbons (Fsp3) is 0.462. The molecule has 0 heterocycles. The number of hydrogen-bond acceptors (Lipinski definition) is 2. The lowest BCUT2D eigenvalue weighted by Crippen LogP contribution is -2.41. The first-order chi connectivity index (χ1) is 7.55. The largest absolute Gasteiger partial charge is 0.366 e. The van der Waals surface area contributed by atoms with Crippen LogP contribution in [0.2, 0.25) is 5.02 Å². The van der Waals surface area contributed by atoms with Crippen LogP contribution in [0.3, 0.4) is 0 Å². The van der Waals surface area contributed by atoms with Gasteiger partial charge in [-0.2, -0.15) is 5.26 Å². The van der Waals surface area contributed by atoms with Crippen molar-refractivity contribution in [2.75, 3.05) is 5.32 Å². The van der Waals surface area contributed by atoms with E-state index in [0.29, 0.717) is 5.02 Å². The van der Waals surface area contributed by atoms with Gasteiger partial charge in [0.15, 0.2) is 0 Å². The minimum absolute atomic E-state index is 0.221. The molecule has 0 spiro atoms. The number of halogens is 1. The van der Waals surface area contributed by atoms with E-state index in [1.807, 2.05) is 45.0 Å². The number of nitrogens with zero attached hydrogens (tertiary/aromatic N) is 1. The molecular weight excluding hydrogens is 220 g/mol. The SMILES string of the molecule is CCC(C#N)(Nc1ccccc1Cl)C(C)C. The van der Waals surface area contributed by atoms with Gasteiger partial charge in [0.05, 0.1) is 16.8 Å². The molecule has 0 fully saturated rings. The van der Waals surface area contributed by atoms with Gasteiger partial charge >= 0.3 is 0 Å². The minimum Gasteiger partial charge on any atom is -0.366 e. The summed E-state index contributed by atoms with van der Waals surface area (Å²) in [6.07, 6.45) is 0.742. The van der Waals surface area contributed by atoms with Crippen molar-refractivity contribution in [3.63, 3.8) is 0 Å². The van der Waals surface area contributed by atoms with Crippen LogP contribution in [-0.4, -0.2) is 5.54 Å². The average molecular weight is 237 g/mol. The van der Waals surface area contributed by atoms with Gasteiger partial charge in [-0.05, 0) is 24.5 Å². The Morgan fingerprint density at radius 2 is 2.06 bits per heavy atom. The van der Waals surface area contributed by atoms with E-state index in [2.05, 4.69) is 11.4 Å². The molecule has 0 aliphatic rings. The second-order valence-electron chi connectivity index (χ2n) is 4.20. The maximum absolute atomic E-state index is 9.34. The van der Waals surface area contributed by atoms with Crippen LogP contribution in [0.5, 0.6) is 0 Å². The topological polar surface area (TPSA) is 35.8 Å². The number of para-hydroxylation sites is 1. The van der Waals surface area contributed by atoms with Gasteiger partial charge in [-0.3, -0.25) is 0 Å². The molecule has 1 unspecified atom stereocenters. The summed E-state index contributed by atoms with van der Waals surface area (Å²) in [5.41, 5.74) is 0.270. The number of hydrogen-bond donors (Lipinski definition) is 1. The molecule has 0 amide bonds. The van der Waals surface area contributed by atoms with Crippen LogP contribution in [0, 0.1) is 17.2 Å². The molecule has 0 bridgehead atoms. The molecule has 0 aliphatic heterocycles. The molecule has 1 N–H and O–H groups in total. The summed E-state index contributed by atoms with van der Waals surface area (Å²) in [6, 6.07) is 9.87. The molecule has 86 valence electrons. The predicted octanol–water partition coefficient (Wildman–Crippen LogP) is 4.08. The van der Waals surface area contributed by atoms with E-state index in [-0.39, 0.29) is 5.92 Å². The molecule has 0 aliphatic carbocycles. The van der Waals surface area contributed by atoms with Crippen LogP contribution >= 0.6 is 11.6 Å². The molecule has 2 nitrogen and oxygen atoms in total. The third-order valence-corrected chi connectivity index (χ3v) is 3.30. The van der Waals surface area contributed by atoms with Gasteiger partial charge in [-0.25, -0.2) is 0 Å². The minimum atomic E-state index is -0.551. The first-order valence-corrected chi connectivity index (χ1v) is 5.87. The molecule has 0 aromatic heterocycles. The average Bonchev–Trinajstić information content (AvgIpc) is 2.28. The summed E-state index contributed by atoms with van der Waals surface area (Å²) in [7, 11) is 0. The van der Waals surface area contributed by atoms with Crippen molar-refractivity contribution in [2.45, 2.75) is 32.7 Å². The summed E-state index contributed by atoms with van der Waals surface area (Å²) >= 11 is 6.08. The Bertz CT molecular complexity index is 395. The van der Waals surface area contributed by atoms with Crippen molar-refractivity contribution >= 4 is 17.3 Å². The van der Waals surface area contributed by atoms with Crippen molar-refractivity contribution in [1.82, 2.24) is 0 Å². The van der Waals surface area contributed by atoms with Gasteiger partial charge < -0.3 is 5.32 Å². The van der Waals surface area contributed by atoms with Crippen molar-refractivity contribution in [3.05, 3.63) is 29.3 Å².